The van der Waals surface area contributed by atoms with Gasteiger partial charge in [0.1, 0.15) is 33.4 Å². The lowest BCUT2D eigenvalue weighted by atomic mass is 10.0. The lowest BCUT2D eigenvalue weighted by molar-refractivity contribution is -0.665. The van der Waals surface area contributed by atoms with E-state index >= 15 is 0 Å². The predicted octanol–water partition coefficient (Wildman–Crippen LogP) is -0.128. The molecule has 1 fully saturated rings. The van der Waals surface area contributed by atoms with Crippen molar-refractivity contribution in [1.82, 2.24) is 25.4 Å². The number of carbonyl (C=O) groups excluding carboxylic acids is 3. The lowest BCUT2D eigenvalue weighted by Crippen LogP contribution is -2.70. The van der Waals surface area contributed by atoms with E-state index < -0.39 is 41.0 Å². The Morgan fingerprint density at radius 2 is 2.25 bits per heavy atom. The molecular weight excluding hydrogens is 586 g/mol. The van der Waals surface area contributed by atoms with Crippen molar-refractivity contribution in [2.24, 2.45) is 5.16 Å². The van der Waals surface area contributed by atoms with Gasteiger partial charge in [0.2, 0.25) is 6.10 Å². The van der Waals surface area contributed by atoms with E-state index in [1.54, 1.807) is 12.3 Å². The molecule has 2 aliphatic heterocycles. The highest BCUT2D eigenvalue weighted by atomic mass is 35.5. The van der Waals surface area contributed by atoms with E-state index in [1.807, 2.05) is 10.6 Å². The fraction of sp³-hybridized carbons (Fsp3) is 0.273. The number of hydrogen-bond acceptors (Lipinski definition) is 12. The zero-order valence-electron chi connectivity index (χ0n) is 20.5. The first-order chi connectivity index (χ1) is 19.1. The molecule has 2 aliphatic rings. The first-order valence-electron chi connectivity index (χ1n) is 11.5. The summed E-state index contributed by atoms with van der Waals surface area (Å²) in [6.07, 6.45) is 1.02. The Labute approximate surface area is 238 Å². The Balaban J connectivity index is 1.36. The zero-order chi connectivity index (χ0) is 28.7. The molecule has 0 radical (unpaired) electrons. The van der Waals surface area contributed by atoms with Gasteiger partial charge in [0.05, 0.1) is 17.0 Å². The number of amides is 2. The second-order valence-electron chi connectivity index (χ2n) is 8.68. The maximum absolute atomic E-state index is 13.2. The fourth-order valence-corrected chi connectivity index (χ4v) is 6.43. The van der Waals surface area contributed by atoms with Crippen LogP contribution in [0.2, 0.25) is 4.34 Å². The zero-order valence-corrected chi connectivity index (χ0v) is 22.9. The number of nitrogens with zero attached hydrogens (tertiary/aromatic N) is 5. The summed E-state index contributed by atoms with van der Waals surface area (Å²) in [5.41, 5.74) is 12.5. The highest BCUT2D eigenvalue weighted by molar-refractivity contribution is 8.00. The Morgan fingerprint density at radius 3 is 2.92 bits per heavy atom. The number of oxime groups is 1. The van der Waals surface area contributed by atoms with Gasteiger partial charge in [-0.25, -0.2) is 14.3 Å². The van der Waals surface area contributed by atoms with Crippen LogP contribution in [0.5, 0.6) is 0 Å². The second-order valence-corrected chi connectivity index (χ2v) is 11.4. The molecule has 3 aromatic heterocycles. The van der Waals surface area contributed by atoms with Crippen molar-refractivity contribution in [1.29, 1.82) is 0 Å². The number of halogens is 1. The summed E-state index contributed by atoms with van der Waals surface area (Å²) in [5.74, 6) is -1.90. The van der Waals surface area contributed by atoms with E-state index in [2.05, 4.69) is 25.7 Å². The fourth-order valence-electron chi connectivity index (χ4n) is 4.15. The number of pyridine rings is 1. The monoisotopic (exact) mass is 606 g/mol. The van der Waals surface area contributed by atoms with Gasteiger partial charge in [0, 0.05) is 11.3 Å². The summed E-state index contributed by atoms with van der Waals surface area (Å²) in [5, 5.41) is 22.5. The first kappa shape index (κ1) is 27.4. The number of anilines is 2. The van der Waals surface area contributed by atoms with Crippen molar-refractivity contribution < 1.29 is 33.7 Å². The van der Waals surface area contributed by atoms with Gasteiger partial charge in [-0.2, -0.15) is 5.10 Å². The van der Waals surface area contributed by atoms with Gasteiger partial charge in [-0.1, -0.05) is 28.1 Å². The minimum absolute atomic E-state index is 0.0218. The molecule has 0 saturated carbocycles. The molecule has 18 heteroatoms. The number of hydrogen-bond donors (Lipinski definition) is 5. The van der Waals surface area contributed by atoms with Crippen molar-refractivity contribution in [3.63, 3.8) is 0 Å². The summed E-state index contributed by atoms with van der Waals surface area (Å²) >= 11 is 8.39. The number of rotatable bonds is 9. The number of aliphatic carboxylic acids is 1. The maximum atomic E-state index is 13.2. The van der Waals surface area contributed by atoms with E-state index in [0.29, 0.717) is 29.1 Å². The molecule has 0 spiro atoms. The van der Waals surface area contributed by atoms with Gasteiger partial charge in [-0.3, -0.25) is 19.3 Å². The molecule has 0 aliphatic carbocycles. The van der Waals surface area contributed by atoms with Gasteiger partial charge >= 0.3 is 11.6 Å². The number of aldehydes is 1. The van der Waals surface area contributed by atoms with E-state index in [9.17, 15) is 19.2 Å². The number of β-lactam (4-membered cyclic amide) rings is 1. The summed E-state index contributed by atoms with van der Waals surface area (Å²) in [7, 11) is 0. The summed E-state index contributed by atoms with van der Waals surface area (Å²) in [6.45, 7) is 1.50. The van der Waals surface area contributed by atoms with Gasteiger partial charge in [0.25, 0.3) is 11.8 Å². The number of nitrogens with two attached hydrogens (primary N) is 2. The summed E-state index contributed by atoms with van der Waals surface area (Å²) in [4.78, 5) is 59.8. The van der Waals surface area contributed by atoms with Crippen LogP contribution in [0.3, 0.4) is 0 Å². The van der Waals surface area contributed by atoms with Crippen molar-refractivity contribution in [2.75, 3.05) is 17.2 Å². The third-order valence-corrected chi connectivity index (χ3v) is 8.58. The molecule has 208 valence electrons. The summed E-state index contributed by atoms with van der Waals surface area (Å²) in [6, 6.07) is 2.61. The largest absolute Gasteiger partial charge is 0.478 e. The average molecular weight is 607 g/mol. The normalized spacial score (nSPS) is 19.7. The molecule has 3 aromatic rings. The van der Waals surface area contributed by atoms with E-state index in [1.165, 1.54) is 23.6 Å². The van der Waals surface area contributed by atoms with Gasteiger partial charge in [-0.05, 0) is 19.1 Å². The van der Waals surface area contributed by atoms with Gasteiger partial charge in [0.15, 0.2) is 22.9 Å². The van der Waals surface area contributed by atoms with Crippen LogP contribution in [0.1, 0.15) is 12.6 Å². The van der Waals surface area contributed by atoms with Crippen LogP contribution < -0.4 is 21.4 Å². The van der Waals surface area contributed by atoms with Crippen molar-refractivity contribution in [3.05, 3.63) is 39.6 Å². The Morgan fingerprint density at radius 1 is 1.48 bits per heavy atom. The maximum Gasteiger partial charge on any atom is 0.359 e. The van der Waals surface area contributed by atoms with Crippen LogP contribution in [0.15, 0.2) is 34.8 Å². The number of aromatic amines is 1. The van der Waals surface area contributed by atoms with Crippen molar-refractivity contribution >= 4 is 86.5 Å². The topological polar surface area (TPSA) is 223 Å². The van der Waals surface area contributed by atoms with Gasteiger partial charge in [-0.15, -0.1) is 11.8 Å². The molecular formula is C22H21ClN9O6S2+. The first-order valence-corrected chi connectivity index (χ1v) is 13.8. The van der Waals surface area contributed by atoms with Crippen LogP contribution in [0.4, 0.5) is 10.9 Å². The molecule has 40 heavy (non-hydrogen) atoms. The third kappa shape index (κ3) is 4.82. The van der Waals surface area contributed by atoms with Crippen LogP contribution in [0.25, 0.3) is 11.0 Å². The Bertz CT molecular complexity index is 1620. The molecule has 5 rings (SSSR count). The highest BCUT2D eigenvalue weighted by Crippen LogP contribution is 2.40. The van der Waals surface area contributed by atoms with E-state index in [4.69, 9.17) is 33.0 Å². The van der Waals surface area contributed by atoms with Crippen LogP contribution in [-0.2, 0) is 30.6 Å². The molecule has 0 aromatic carbocycles. The van der Waals surface area contributed by atoms with E-state index in [0.717, 1.165) is 16.7 Å². The lowest BCUT2D eigenvalue weighted by Gasteiger charge is -2.49. The molecule has 7 N–H and O–H groups in total. The van der Waals surface area contributed by atoms with Crippen molar-refractivity contribution in [2.45, 2.75) is 31.0 Å². The average Bonchev–Trinajstić information content (AvgIpc) is 3.47. The van der Waals surface area contributed by atoms with Crippen LogP contribution in [0, 0.1) is 0 Å². The smallest absolute Gasteiger partial charge is 0.359 e. The standard InChI is InChI=1S/C22H20ClN9O6S2/c1-8(21(36)37)38-30-13(12-15(23)40-22(25)27-12)18(34)26-14-19(35)32-11(6-33)9(7-39-20(14)32)5-31-4-2-3-10-16(24)28-29-17(10)31/h2-4,6,8,14,20H,5,7H2,1H3,(H6,24,25,26,27,28,34,36,37)/p+1/b30-13-/t8-,14?,20?/m0/s1. The number of allylic oxidation sites excluding steroid dienone is 1. The second kappa shape index (κ2) is 10.7. The minimum Gasteiger partial charge on any atom is -0.478 e. The van der Waals surface area contributed by atoms with Gasteiger partial charge < -0.3 is 26.7 Å². The molecule has 2 unspecified atom stereocenters. The number of aromatic nitrogens is 4. The minimum atomic E-state index is -1.38. The predicted molar refractivity (Wildman–Crippen MR) is 145 cm³/mol. The number of carboxylic acid groups (broad SMARTS) is 1. The number of H-pyrrole nitrogens is 1. The third-order valence-electron chi connectivity index (χ3n) is 6.16. The highest BCUT2D eigenvalue weighted by Gasteiger charge is 2.53. The Hall–Kier alpha value is -4.22. The number of thioether (sulfide) groups is 1. The van der Waals surface area contributed by atoms with Crippen molar-refractivity contribution in [3.8, 4) is 0 Å². The Kier molecular flexibility index (Phi) is 7.35. The molecule has 1 saturated heterocycles. The molecule has 2 amide bonds. The SMILES string of the molecule is C[C@H](O/N=C(\C(=O)NC1C(=O)N2C(C=O)=C(C[n+]3cccc4c(N)[nH]nc43)CSC12)c1nc(N)sc1Cl)C(=O)O. The number of thiazole rings is 1. The number of carboxylic acids is 1. The number of fused-ring (bicyclic) bond motifs is 2. The molecule has 3 atom stereocenters. The number of carbonyl (C=O) groups is 4. The number of nitrogen functional groups attached to an aromatic ring is 2. The molecule has 15 nitrogen and oxygen atoms in total. The molecule has 5 heterocycles. The summed E-state index contributed by atoms with van der Waals surface area (Å²) < 4.78 is 1.84. The van der Waals surface area contributed by atoms with E-state index in [-0.39, 0.29) is 27.4 Å². The molecule has 0 bridgehead atoms. The number of nitrogens with one attached hydrogen (secondary N) is 2. The van der Waals surface area contributed by atoms with Crippen LogP contribution >= 0.6 is 34.7 Å². The van der Waals surface area contributed by atoms with Crippen LogP contribution in [-0.4, -0.2) is 78.2 Å². The quantitative estimate of drug-likeness (QED) is 0.0709.